The summed E-state index contributed by atoms with van der Waals surface area (Å²) < 4.78 is 1.71. The maximum Gasteiger partial charge on any atom is 0.240 e. The molecule has 0 saturated carbocycles. The molecule has 2 aromatic heterocycles. The van der Waals surface area contributed by atoms with Gasteiger partial charge in [0.25, 0.3) is 0 Å². The number of amides is 1. The molecule has 1 aromatic carbocycles. The monoisotopic (exact) mass is 384 g/mol. The van der Waals surface area contributed by atoms with Crippen LogP contribution in [0, 0.1) is 6.92 Å². The quantitative estimate of drug-likeness (QED) is 0.677. The van der Waals surface area contributed by atoms with E-state index in [-0.39, 0.29) is 11.9 Å². The Bertz CT molecular complexity index is 888. The van der Waals surface area contributed by atoms with E-state index in [9.17, 15) is 4.79 Å². The molecule has 0 radical (unpaired) electrons. The Balaban J connectivity index is 1.59. The van der Waals surface area contributed by atoms with Gasteiger partial charge in [0.1, 0.15) is 12.7 Å². The van der Waals surface area contributed by atoms with Gasteiger partial charge in [-0.3, -0.25) is 9.69 Å². The van der Waals surface area contributed by atoms with E-state index in [1.54, 1.807) is 11.0 Å². The summed E-state index contributed by atoms with van der Waals surface area (Å²) in [7, 11) is 1.94. The van der Waals surface area contributed by atoms with Crippen LogP contribution in [0.15, 0.2) is 36.9 Å². The van der Waals surface area contributed by atoms with Crippen molar-refractivity contribution in [2.75, 3.05) is 18.9 Å². The predicted molar refractivity (Wildman–Crippen MR) is 107 cm³/mol. The van der Waals surface area contributed by atoms with Gasteiger partial charge in [-0.15, -0.1) is 11.3 Å². The molecule has 0 aliphatic carbocycles. The van der Waals surface area contributed by atoms with E-state index in [1.807, 2.05) is 43.1 Å². The number of thiazole rings is 1. The number of likely N-dealkylation sites (N-methyl/N-ethyl adjacent to an activating group) is 1. The van der Waals surface area contributed by atoms with Gasteiger partial charge in [0.2, 0.25) is 5.91 Å². The van der Waals surface area contributed by atoms with Gasteiger partial charge in [-0.2, -0.15) is 5.10 Å². The highest BCUT2D eigenvalue weighted by Gasteiger charge is 2.16. The number of anilines is 1. The summed E-state index contributed by atoms with van der Waals surface area (Å²) in [6.45, 7) is 6.48. The fourth-order valence-corrected chi connectivity index (χ4v) is 3.75. The van der Waals surface area contributed by atoms with E-state index >= 15 is 0 Å². The van der Waals surface area contributed by atoms with Gasteiger partial charge < -0.3 is 5.32 Å². The second-order valence-electron chi connectivity index (χ2n) is 6.45. The second kappa shape index (κ2) is 8.41. The summed E-state index contributed by atoms with van der Waals surface area (Å²) in [6, 6.07) is 8.20. The summed E-state index contributed by atoms with van der Waals surface area (Å²) in [5, 5.41) is 7.71. The average Bonchev–Trinajstić information content (AvgIpc) is 3.30. The largest absolute Gasteiger partial charge is 0.301 e. The first-order valence-corrected chi connectivity index (χ1v) is 9.71. The van der Waals surface area contributed by atoms with E-state index in [0.29, 0.717) is 11.7 Å². The molecule has 27 heavy (non-hydrogen) atoms. The van der Waals surface area contributed by atoms with Gasteiger partial charge in [-0.05, 0) is 45.0 Å². The molecule has 0 spiro atoms. The summed E-state index contributed by atoms with van der Waals surface area (Å²) >= 11 is 1.52. The van der Waals surface area contributed by atoms with Crippen LogP contribution in [0.5, 0.6) is 0 Å². The highest BCUT2D eigenvalue weighted by Crippen LogP contribution is 2.23. The van der Waals surface area contributed by atoms with E-state index in [4.69, 9.17) is 0 Å². The minimum Gasteiger partial charge on any atom is -0.301 e. The molecule has 7 nitrogen and oxygen atoms in total. The second-order valence-corrected chi connectivity index (χ2v) is 7.65. The molecule has 2 heterocycles. The third-order valence-electron chi connectivity index (χ3n) is 4.59. The Kier molecular flexibility index (Phi) is 5.98. The molecule has 8 heteroatoms. The Labute approximate surface area is 163 Å². The molecule has 0 aliphatic heterocycles. The van der Waals surface area contributed by atoms with Crippen LogP contribution in [0.1, 0.15) is 36.0 Å². The number of aromatic nitrogens is 4. The van der Waals surface area contributed by atoms with E-state index < -0.39 is 0 Å². The number of hydrogen-bond acceptors (Lipinski definition) is 6. The Morgan fingerprint density at radius 1 is 1.33 bits per heavy atom. The zero-order chi connectivity index (χ0) is 19.4. The van der Waals surface area contributed by atoms with Gasteiger partial charge in [0.15, 0.2) is 5.13 Å². The molecule has 142 valence electrons. The van der Waals surface area contributed by atoms with E-state index in [1.165, 1.54) is 17.7 Å². The fraction of sp³-hybridized carbons (Fsp3) is 0.368. The van der Waals surface area contributed by atoms with E-state index in [2.05, 4.69) is 34.2 Å². The number of rotatable bonds is 7. The van der Waals surface area contributed by atoms with Crippen molar-refractivity contribution in [2.24, 2.45) is 0 Å². The van der Waals surface area contributed by atoms with Crippen LogP contribution in [0.2, 0.25) is 0 Å². The molecule has 1 unspecified atom stereocenters. The van der Waals surface area contributed by atoms with Crippen LogP contribution in [0.3, 0.4) is 0 Å². The van der Waals surface area contributed by atoms with Crippen molar-refractivity contribution in [2.45, 2.75) is 33.2 Å². The van der Waals surface area contributed by atoms with Gasteiger partial charge in [0, 0.05) is 10.9 Å². The summed E-state index contributed by atoms with van der Waals surface area (Å²) in [5.74, 6) is -0.0556. The molecule has 3 aromatic rings. The van der Waals surface area contributed by atoms with Gasteiger partial charge in [0.05, 0.1) is 17.9 Å². The van der Waals surface area contributed by atoms with Crippen molar-refractivity contribution in [3.63, 3.8) is 0 Å². The van der Waals surface area contributed by atoms with Crippen LogP contribution in [0.25, 0.3) is 5.69 Å². The topological polar surface area (TPSA) is 75.9 Å². The molecule has 0 bridgehead atoms. The van der Waals surface area contributed by atoms with Crippen molar-refractivity contribution >= 4 is 22.4 Å². The Morgan fingerprint density at radius 2 is 2.07 bits per heavy atom. The normalized spacial score (nSPS) is 12.3. The minimum absolute atomic E-state index is 0.0556. The molecule has 0 aliphatic rings. The standard InChI is InChI=1S/C19H24N6OS/c1-5-17-14(3)27-19(22-17)23-18(26)10-24(4)13(2)15-6-8-16(9-7-15)25-12-20-11-21-25/h6-9,11-13H,5,10H2,1-4H3,(H,22,23,26). The number of nitrogens with one attached hydrogen (secondary N) is 1. The first-order valence-electron chi connectivity index (χ1n) is 8.89. The zero-order valence-electron chi connectivity index (χ0n) is 16.0. The Hall–Kier alpha value is -2.58. The first-order chi connectivity index (χ1) is 13.0. The number of carbonyl (C=O) groups is 1. The Morgan fingerprint density at radius 3 is 2.67 bits per heavy atom. The van der Waals surface area contributed by atoms with Crippen molar-refractivity contribution in [3.05, 3.63) is 53.1 Å². The number of benzene rings is 1. The molecule has 1 N–H and O–H groups in total. The zero-order valence-corrected chi connectivity index (χ0v) is 16.8. The van der Waals surface area contributed by atoms with Crippen LogP contribution in [-0.2, 0) is 11.2 Å². The number of nitrogens with zero attached hydrogens (tertiary/aromatic N) is 5. The van der Waals surface area contributed by atoms with Crippen LogP contribution >= 0.6 is 11.3 Å². The number of hydrogen-bond donors (Lipinski definition) is 1. The smallest absolute Gasteiger partial charge is 0.240 e. The maximum atomic E-state index is 12.4. The SMILES string of the molecule is CCc1nc(NC(=O)CN(C)C(C)c2ccc(-n3cncn3)cc2)sc1C. The minimum atomic E-state index is -0.0556. The molecule has 0 saturated heterocycles. The summed E-state index contributed by atoms with van der Waals surface area (Å²) in [4.78, 5) is 24.0. The van der Waals surface area contributed by atoms with Crippen LogP contribution in [0.4, 0.5) is 5.13 Å². The van der Waals surface area contributed by atoms with Crippen molar-refractivity contribution in [3.8, 4) is 5.69 Å². The first kappa shape index (κ1) is 19.2. The van der Waals surface area contributed by atoms with Gasteiger partial charge in [-0.25, -0.2) is 14.6 Å². The third-order valence-corrected chi connectivity index (χ3v) is 5.52. The van der Waals surface area contributed by atoms with Crippen molar-refractivity contribution in [1.29, 1.82) is 0 Å². The summed E-state index contributed by atoms with van der Waals surface area (Å²) in [6.07, 6.45) is 4.05. The molecule has 0 fully saturated rings. The highest BCUT2D eigenvalue weighted by atomic mass is 32.1. The van der Waals surface area contributed by atoms with Gasteiger partial charge in [-0.1, -0.05) is 19.1 Å². The third kappa shape index (κ3) is 4.58. The molecule has 1 amide bonds. The molecule has 3 rings (SSSR count). The molecule has 1 atom stereocenters. The predicted octanol–water partition coefficient (Wildman–Crippen LogP) is 3.23. The fourth-order valence-electron chi connectivity index (χ4n) is 2.83. The van der Waals surface area contributed by atoms with E-state index in [0.717, 1.165) is 28.2 Å². The van der Waals surface area contributed by atoms with Crippen molar-refractivity contribution in [1.82, 2.24) is 24.6 Å². The van der Waals surface area contributed by atoms with Crippen molar-refractivity contribution < 1.29 is 4.79 Å². The lowest BCUT2D eigenvalue weighted by molar-refractivity contribution is -0.117. The summed E-state index contributed by atoms with van der Waals surface area (Å²) in [5.41, 5.74) is 3.13. The lowest BCUT2D eigenvalue weighted by Gasteiger charge is -2.24. The van der Waals surface area contributed by atoms with Crippen LogP contribution in [-0.4, -0.2) is 44.1 Å². The lowest BCUT2D eigenvalue weighted by atomic mass is 10.1. The average molecular weight is 385 g/mol. The number of carbonyl (C=O) groups excluding carboxylic acids is 1. The molecular formula is C19H24N6OS. The maximum absolute atomic E-state index is 12.4. The van der Waals surface area contributed by atoms with Gasteiger partial charge >= 0.3 is 0 Å². The molecular weight excluding hydrogens is 360 g/mol. The number of aryl methyl sites for hydroxylation is 2. The lowest BCUT2D eigenvalue weighted by Crippen LogP contribution is -2.32. The van der Waals surface area contributed by atoms with Crippen LogP contribution < -0.4 is 5.32 Å². The highest BCUT2D eigenvalue weighted by molar-refractivity contribution is 7.15.